The molecule has 0 radical (unpaired) electrons. The van der Waals surface area contributed by atoms with Crippen LogP contribution in [0.4, 0.5) is 5.69 Å². The molecule has 7 nitrogen and oxygen atoms in total. The minimum absolute atomic E-state index is 0. The van der Waals surface area contributed by atoms with E-state index in [0.29, 0.717) is 24.1 Å². The minimum atomic E-state index is -0.522. The summed E-state index contributed by atoms with van der Waals surface area (Å²) >= 11 is 0. The Morgan fingerprint density at radius 3 is 2.35 bits per heavy atom. The second-order valence-corrected chi connectivity index (χ2v) is 4.90. The molecule has 128 valence electrons. The summed E-state index contributed by atoms with van der Waals surface area (Å²) in [5, 5.41) is 5.15. The predicted octanol–water partition coefficient (Wildman–Crippen LogP) is 1.08. The average Bonchev–Trinajstić information content (AvgIpc) is 2.51. The maximum absolute atomic E-state index is 11.8. The number of carbonyl (C=O) groups excluding carboxylic acids is 3. The number of benzene rings is 1. The van der Waals surface area contributed by atoms with E-state index < -0.39 is 5.97 Å². The van der Waals surface area contributed by atoms with Gasteiger partial charge in [0.05, 0.1) is 7.11 Å². The number of hydrogen-bond donors (Lipinski definition) is 3. The van der Waals surface area contributed by atoms with Gasteiger partial charge < -0.3 is 21.1 Å². The lowest BCUT2D eigenvalue weighted by Crippen LogP contribution is -2.30. The number of amides is 2. The zero-order valence-electron chi connectivity index (χ0n) is 13.1. The van der Waals surface area contributed by atoms with Crippen LogP contribution in [0.25, 0.3) is 0 Å². The van der Waals surface area contributed by atoms with Gasteiger partial charge in [-0.15, -0.1) is 12.4 Å². The molecule has 8 heteroatoms. The van der Waals surface area contributed by atoms with E-state index in [1.54, 1.807) is 24.3 Å². The Kier molecular flexibility index (Phi) is 9.60. The molecule has 1 unspecified atom stereocenters. The van der Waals surface area contributed by atoms with Crippen molar-refractivity contribution in [3.63, 3.8) is 0 Å². The van der Waals surface area contributed by atoms with E-state index in [0.717, 1.165) is 0 Å². The number of rotatable bonds is 7. The van der Waals surface area contributed by atoms with Crippen molar-refractivity contribution in [3.05, 3.63) is 29.8 Å². The fourth-order valence-corrected chi connectivity index (χ4v) is 1.61. The first kappa shape index (κ1) is 20.9. The van der Waals surface area contributed by atoms with Crippen LogP contribution in [0.5, 0.6) is 0 Å². The molecule has 0 saturated carbocycles. The summed E-state index contributed by atoms with van der Waals surface area (Å²) in [6.07, 6.45) is 0.957. The highest BCUT2D eigenvalue weighted by atomic mass is 35.5. The van der Waals surface area contributed by atoms with Crippen molar-refractivity contribution < 1.29 is 19.1 Å². The Morgan fingerprint density at radius 2 is 1.83 bits per heavy atom. The van der Waals surface area contributed by atoms with E-state index >= 15 is 0 Å². The van der Waals surface area contributed by atoms with Crippen molar-refractivity contribution in [2.75, 3.05) is 19.0 Å². The summed E-state index contributed by atoms with van der Waals surface area (Å²) in [6.45, 7) is 1.65. The molecule has 2 amide bonds. The molecule has 0 aromatic heterocycles. The van der Waals surface area contributed by atoms with Gasteiger partial charge in [0.25, 0.3) is 5.91 Å². The molecule has 1 atom stereocenters. The van der Waals surface area contributed by atoms with E-state index in [1.165, 1.54) is 7.11 Å². The first-order valence-electron chi connectivity index (χ1n) is 6.93. The third kappa shape index (κ3) is 8.18. The van der Waals surface area contributed by atoms with Crippen molar-refractivity contribution >= 4 is 35.9 Å². The summed E-state index contributed by atoms with van der Waals surface area (Å²) in [6, 6.07) is 6.35. The minimum Gasteiger partial charge on any atom is -0.468 e. The fraction of sp³-hybridized carbons (Fsp3) is 0.400. The standard InChI is InChI=1S/C15H21N3O4.ClH/c1-10(16)3-8-13(19)18-12-6-4-11(5-7-12)15(21)17-9-14(20)22-2;/h4-7,10H,3,8-9,16H2,1-2H3,(H,17,21)(H,18,19);1H. The summed E-state index contributed by atoms with van der Waals surface area (Å²) in [7, 11) is 1.25. The molecule has 0 aliphatic carbocycles. The summed E-state index contributed by atoms with van der Waals surface area (Å²) in [4.78, 5) is 34.3. The van der Waals surface area contributed by atoms with Gasteiger partial charge in [0, 0.05) is 23.7 Å². The summed E-state index contributed by atoms with van der Waals surface area (Å²) in [5.74, 6) is -1.04. The molecule has 0 bridgehead atoms. The van der Waals surface area contributed by atoms with E-state index in [1.807, 2.05) is 6.92 Å². The quantitative estimate of drug-likeness (QED) is 0.641. The van der Waals surface area contributed by atoms with E-state index in [-0.39, 0.29) is 36.8 Å². The lowest BCUT2D eigenvalue weighted by Gasteiger charge is -2.08. The van der Waals surface area contributed by atoms with Gasteiger partial charge in [-0.1, -0.05) is 0 Å². The van der Waals surface area contributed by atoms with Crippen molar-refractivity contribution in [2.24, 2.45) is 5.73 Å². The van der Waals surface area contributed by atoms with Crippen LogP contribution in [-0.2, 0) is 14.3 Å². The van der Waals surface area contributed by atoms with Gasteiger partial charge in [-0.25, -0.2) is 0 Å². The van der Waals surface area contributed by atoms with E-state index in [9.17, 15) is 14.4 Å². The van der Waals surface area contributed by atoms with E-state index in [4.69, 9.17) is 5.73 Å². The van der Waals surface area contributed by atoms with Crippen LogP contribution in [0.1, 0.15) is 30.1 Å². The van der Waals surface area contributed by atoms with Gasteiger partial charge in [-0.3, -0.25) is 14.4 Å². The molecular formula is C15H22ClN3O4. The number of hydrogen-bond acceptors (Lipinski definition) is 5. The lowest BCUT2D eigenvalue weighted by atomic mass is 10.1. The molecule has 0 spiro atoms. The number of ether oxygens (including phenoxy) is 1. The van der Waals surface area contributed by atoms with Crippen LogP contribution < -0.4 is 16.4 Å². The number of halogens is 1. The first-order valence-corrected chi connectivity index (χ1v) is 6.93. The highest BCUT2D eigenvalue weighted by Crippen LogP contribution is 2.10. The smallest absolute Gasteiger partial charge is 0.325 e. The van der Waals surface area contributed by atoms with Gasteiger partial charge in [0.2, 0.25) is 5.91 Å². The van der Waals surface area contributed by atoms with Gasteiger partial charge in [-0.2, -0.15) is 0 Å². The average molecular weight is 344 g/mol. The topological polar surface area (TPSA) is 111 Å². The number of nitrogens with one attached hydrogen (secondary N) is 2. The Hall–Kier alpha value is -2.12. The number of carbonyl (C=O) groups is 3. The molecule has 0 aliphatic heterocycles. The monoisotopic (exact) mass is 343 g/mol. The molecule has 0 saturated heterocycles. The second kappa shape index (κ2) is 10.6. The van der Waals surface area contributed by atoms with Crippen LogP contribution in [0.15, 0.2) is 24.3 Å². The molecular weight excluding hydrogens is 322 g/mol. The zero-order chi connectivity index (χ0) is 16.5. The Labute approximate surface area is 141 Å². The van der Waals surface area contributed by atoms with Gasteiger partial charge >= 0.3 is 5.97 Å². The van der Waals surface area contributed by atoms with Crippen molar-refractivity contribution in [3.8, 4) is 0 Å². The largest absolute Gasteiger partial charge is 0.468 e. The van der Waals surface area contributed by atoms with Crippen LogP contribution >= 0.6 is 12.4 Å². The van der Waals surface area contributed by atoms with E-state index in [2.05, 4.69) is 15.4 Å². The van der Waals surface area contributed by atoms with Crippen molar-refractivity contribution in [1.82, 2.24) is 5.32 Å². The number of esters is 1. The van der Waals surface area contributed by atoms with Crippen molar-refractivity contribution in [1.29, 1.82) is 0 Å². The molecule has 4 N–H and O–H groups in total. The maximum atomic E-state index is 11.8. The summed E-state index contributed by atoms with van der Waals surface area (Å²) < 4.78 is 4.43. The zero-order valence-corrected chi connectivity index (χ0v) is 13.9. The molecule has 0 heterocycles. The molecule has 1 aromatic rings. The summed E-state index contributed by atoms with van der Waals surface area (Å²) in [5.41, 5.74) is 6.57. The Balaban J connectivity index is 0.00000484. The van der Waals surface area contributed by atoms with Gasteiger partial charge in [0.1, 0.15) is 6.54 Å². The highest BCUT2D eigenvalue weighted by molar-refractivity contribution is 5.97. The number of anilines is 1. The van der Waals surface area contributed by atoms with Crippen LogP contribution in [-0.4, -0.2) is 37.5 Å². The highest BCUT2D eigenvalue weighted by Gasteiger charge is 2.09. The third-order valence-electron chi connectivity index (χ3n) is 2.88. The Morgan fingerprint density at radius 1 is 1.22 bits per heavy atom. The molecule has 1 aromatic carbocycles. The predicted molar refractivity (Wildman–Crippen MR) is 89.6 cm³/mol. The number of nitrogens with two attached hydrogens (primary N) is 1. The molecule has 23 heavy (non-hydrogen) atoms. The van der Waals surface area contributed by atoms with Crippen LogP contribution in [0, 0.1) is 0 Å². The molecule has 1 rings (SSSR count). The molecule has 0 fully saturated rings. The van der Waals surface area contributed by atoms with Gasteiger partial charge in [-0.05, 0) is 37.6 Å². The normalized spacial score (nSPS) is 10.9. The fourth-order valence-electron chi connectivity index (χ4n) is 1.61. The lowest BCUT2D eigenvalue weighted by molar-refractivity contribution is -0.139. The first-order chi connectivity index (χ1) is 10.4. The third-order valence-corrected chi connectivity index (χ3v) is 2.88. The second-order valence-electron chi connectivity index (χ2n) is 4.90. The van der Waals surface area contributed by atoms with Gasteiger partial charge in [0.15, 0.2) is 0 Å². The Bertz CT molecular complexity index is 532. The molecule has 0 aliphatic rings. The van der Waals surface area contributed by atoms with Crippen LogP contribution in [0.3, 0.4) is 0 Å². The van der Waals surface area contributed by atoms with Crippen molar-refractivity contribution in [2.45, 2.75) is 25.8 Å². The maximum Gasteiger partial charge on any atom is 0.325 e. The van der Waals surface area contributed by atoms with Crippen LogP contribution in [0.2, 0.25) is 0 Å². The SMILES string of the molecule is COC(=O)CNC(=O)c1ccc(NC(=O)CCC(C)N)cc1.Cl. The number of methoxy groups -OCH3 is 1.